The molecule has 0 saturated heterocycles. The molecule has 2 aromatic heterocycles. The molecule has 4 rings (SSSR count). The van der Waals surface area contributed by atoms with E-state index in [1.807, 2.05) is 35.7 Å². The molecule has 2 N–H and O–H groups in total. The third-order valence-corrected chi connectivity index (χ3v) is 7.70. The molecule has 2 aromatic carbocycles. The van der Waals surface area contributed by atoms with Crippen molar-refractivity contribution in [2.75, 3.05) is 11.5 Å². The third kappa shape index (κ3) is 3.87. The van der Waals surface area contributed by atoms with Crippen molar-refractivity contribution < 1.29 is 5.48 Å². The standard InChI is InChI=1S/C16H12N2S4.H2O/c1-3-7-13-11(5-1)17-15(21-13)19-9-10-20-16-18-12-6-2-4-8-14(12)22-16;/h1-8H,9-10H2;1H2. The number of nitrogens with zero attached hydrogens (tertiary/aromatic N) is 2. The van der Waals surface area contributed by atoms with E-state index in [1.165, 1.54) is 9.40 Å². The van der Waals surface area contributed by atoms with Crippen LogP contribution in [0.5, 0.6) is 0 Å². The normalized spacial score (nSPS) is 11.0. The van der Waals surface area contributed by atoms with E-state index < -0.39 is 0 Å². The minimum absolute atomic E-state index is 0. The first-order chi connectivity index (χ1) is 10.9. The number of thiazole rings is 2. The lowest BCUT2D eigenvalue weighted by Gasteiger charge is -1.95. The molecule has 0 atom stereocenters. The lowest BCUT2D eigenvalue weighted by Crippen LogP contribution is -1.83. The van der Waals surface area contributed by atoms with E-state index >= 15 is 0 Å². The van der Waals surface area contributed by atoms with Crippen molar-refractivity contribution >= 4 is 66.6 Å². The molecule has 23 heavy (non-hydrogen) atoms. The molecule has 0 aliphatic carbocycles. The molecule has 2 heterocycles. The van der Waals surface area contributed by atoms with Crippen LogP contribution in [-0.2, 0) is 0 Å². The Hall–Kier alpha value is -1.12. The molecule has 0 aliphatic heterocycles. The van der Waals surface area contributed by atoms with Gasteiger partial charge in [0.05, 0.1) is 20.4 Å². The highest BCUT2D eigenvalue weighted by molar-refractivity contribution is 8.04. The fourth-order valence-electron chi connectivity index (χ4n) is 2.08. The Morgan fingerprint density at radius 1 is 0.696 bits per heavy atom. The molecule has 0 amide bonds. The Morgan fingerprint density at radius 3 is 1.57 bits per heavy atom. The topological polar surface area (TPSA) is 57.3 Å². The SMILES string of the molecule is O.c1ccc2sc(SCCSc3nc4ccccc4s3)nc2c1. The molecule has 0 unspecified atom stereocenters. The van der Waals surface area contributed by atoms with Crippen LogP contribution in [0.4, 0.5) is 0 Å². The molecule has 0 radical (unpaired) electrons. The van der Waals surface area contributed by atoms with Crippen molar-refractivity contribution in [3.8, 4) is 0 Å². The second kappa shape index (κ2) is 7.63. The van der Waals surface area contributed by atoms with Gasteiger partial charge in [-0.1, -0.05) is 47.8 Å². The van der Waals surface area contributed by atoms with Crippen LogP contribution in [0.3, 0.4) is 0 Å². The monoisotopic (exact) mass is 378 g/mol. The maximum atomic E-state index is 4.65. The van der Waals surface area contributed by atoms with Crippen LogP contribution in [0.15, 0.2) is 57.2 Å². The number of hydrogen-bond donors (Lipinski definition) is 0. The summed E-state index contributed by atoms with van der Waals surface area (Å²) in [6.45, 7) is 0. The van der Waals surface area contributed by atoms with Gasteiger partial charge in [0.2, 0.25) is 0 Å². The number of aromatic nitrogens is 2. The molecule has 4 aromatic rings. The van der Waals surface area contributed by atoms with Crippen LogP contribution in [0.25, 0.3) is 20.4 Å². The zero-order chi connectivity index (χ0) is 14.8. The molecule has 7 heteroatoms. The highest BCUT2D eigenvalue weighted by Gasteiger charge is 2.06. The zero-order valence-electron chi connectivity index (χ0n) is 12.1. The van der Waals surface area contributed by atoms with Gasteiger partial charge in [-0.3, -0.25) is 0 Å². The van der Waals surface area contributed by atoms with E-state index in [2.05, 4.69) is 46.4 Å². The lowest BCUT2D eigenvalue weighted by molar-refractivity contribution is 0.824. The Kier molecular flexibility index (Phi) is 5.55. The van der Waals surface area contributed by atoms with Gasteiger partial charge in [0.15, 0.2) is 8.68 Å². The Balaban J connectivity index is 0.00000156. The summed E-state index contributed by atoms with van der Waals surface area (Å²) in [6.07, 6.45) is 0. The quantitative estimate of drug-likeness (QED) is 0.363. The Labute approximate surface area is 150 Å². The van der Waals surface area contributed by atoms with Gasteiger partial charge in [-0.2, -0.15) is 0 Å². The fourth-order valence-corrected chi connectivity index (χ4v) is 6.33. The van der Waals surface area contributed by atoms with Crippen molar-refractivity contribution in [2.24, 2.45) is 0 Å². The van der Waals surface area contributed by atoms with Gasteiger partial charge < -0.3 is 5.48 Å². The second-order valence-electron chi connectivity index (χ2n) is 4.59. The number of rotatable bonds is 5. The molecule has 118 valence electrons. The van der Waals surface area contributed by atoms with Crippen LogP contribution in [0.1, 0.15) is 0 Å². The largest absolute Gasteiger partial charge is 0.412 e. The summed E-state index contributed by atoms with van der Waals surface area (Å²) < 4.78 is 4.85. The third-order valence-electron chi connectivity index (χ3n) is 3.08. The second-order valence-corrected chi connectivity index (χ2v) is 9.34. The molecule has 3 nitrogen and oxygen atoms in total. The summed E-state index contributed by atoms with van der Waals surface area (Å²) in [5.41, 5.74) is 2.21. The van der Waals surface area contributed by atoms with Gasteiger partial charge in [-0.25, -0.2) is 9.97 Å². The number of para-hydroxylation sites is 2. The number of benzene rings is 2. The summed E-state index contributed by atoms with van der Waals surface area (Å²) >= 11 is 7.23. The van der Waals surface area contributed by atoms with Crippen molar-refractivity contribution in [3.05, 3.63) is 48.5 Å². The number of thioether (sulfide) groups is 2. The number of hydrogen-bond acceptors (Lipinski definition) is 6. The summed E-state index contributed by atoms with van der Waals surface area (Å²) in [6, 6.07) is 16.6. The number of fused-ring (bicyclic) bond motifs is 2. The van der Waals surface area contributed by atoms with Gasteiger partial charge in [0.1, 0.15) is 0 Å². The van der Waals surface area contributed by atoms with Gasteiger partial charge in [-0.05, 0) is 24.3 Å². The average molecular weight is 379 g/mol. The highest BCUT2D eigenvalue weighted by Crippen LogP contribution is 2.32. The Morgan fingerprint density at radius 2 is 1.13 bits per heavy atom. The average Bonchev–Trinajstić information content (AvgIpc) is 3.14. The zero-order valence-corrected chi connectivity index (χ0v) is 15.3. The van der Waals surface area contributed by atoms with Crippen LogP contribution < -0.4 is 0 Å². The van der Waals surface area contributed by atoms with E-state index in [0.717, 1.165) is 31.2 Å². The lowest BCUT2D eigenvalue weighted by atomic mass is 10.3. The smallest absolute Gasteiger partial charge is 0.151 e. The van der Waals surface area contributed by atoms with Crippen LogP contribution >= 0.6 is 46.2 Å². The van der Waals surface area contributed by atoms with Crippen molar-refractivity contribution in [2.45, 2.75) is 8.68 Å². The van der Waals surface area contributed by atoms with Crippen molar-refractivity contribution in [1.82, 2.24) is 9.97 Å². The first kappa shape index (κ1) is 16.7. The van der Waals surface area contributed by atoms with E-state index in [9.17, 15) is 0 Å². The van der Waals surface area contributed by atoms with E-state index in [0.29, 0.717) is 0 Å². The summed E-state index contributed by atoms with van der Waals surface area (Å²) in [5.74, 6) is 2.11. The van der Waals surface area contributed by atoms with E-state index in [1.54, 1.807) is 22.7 Å². The molecule has 0 saturated carbocycles. The van der Waals surface area contributed by atoms with Gasteiger partial charge >= 0.3 is 0 Å². The minimum Gasteiger partial charge on any atom is -0.412 e. The van der Waals surface area contributed by atoms with E-state index in [-0.39, 0.29) is 5.48 Å². The predicted molar refractivity (Wildman–Crippen MR) is 104 cm³/mol. The fraction of sp³-hybridized carbons (Fsp3) is 0.125. The molecular formula is C16H14N2OS4. The first-order valence-electron chi connectivity index (χ1n) is 6.85. The van der Waals surface area contributed by atoms with Crippen molar-refractivity contribution in [3.63, 3.8) is 0 Å². The van der Waals surface area contributed by atoms with Gasteiger partial charge in [0.25, 0.3) is 0 Å². The highest BCUT2D eigenvalue weighted by atomic mass is 32.2. The summed E-state index contributed by atoms with van der Waals surface area (Å²) in [4.78, 5) is 9.30. The van der Waals surface area contributed by atoms with Crippen LogP contribution in [0, 0.1) is 0 Å². The maximum Gasteiger partial charge on any atom is 0.151 e. The predicted octanol–water partition coefficient (Wildman–Crippen LogP) is 4.97. The Bertz CT molecular complexity index is 776. The van der Waals surface area contributed by atoms with Gasteiger partial charge in [-0.15, -0.1) is 22.7 Å². The molecule has 0 bridgehead atoms. The molecular weight excluding hydrogens is 364 g/mol. The minimum atomic E-state index is 0. The van der Waals surface area contributed by atoms with E-state index in [4.69, 9.17) is 0 Å². The molecule has 0 fully saturated rings. The van der Waals surface area contributed by atoms with Crippen molar-refractivity contribution in [1.29, 1.82) is 0 Å². The molecule has 0 aliphatic rings. The van der Waals surface area contributed by atoms with Gasteiger partial charge in [0, 0.05) is 11.5 Å². The first-order valence-corrected chi connectivity index (χ1v) is 10.5. The molecule has 0 spiro atoms. The summed E-state index contributed by atoms with van der Waals surface area (Å²) in [5, 5.41) is 0. The van der Waals surface area contributed by atoms with Crippen LogP contribution in [0.2, 0.25) is 0 Å². The summed E-state index contributed by atoms with van der Waals surface area (Å²) in [7, 11) is 0. The van der Waals surface area contributed by atoms with Crippen LogP contribution in [-0.4, -0.2) is 26.9 Å². The maximum absolute atomic E-state index is 4.65.